The van der Waals surface area contributed by atoms with Crippen molar-refractivity contribution in [2.45, 2.75) is 6.18 Å². The van der Waals surface area contributed by atoms with Gasteiger partial charge in [-0.2, -0.15) is 18.3 Å². The van der Waals surface area contributed by atoms with E-state index >= 15 is 0 Å². The number of carbonyl (C=O) groups is 1. The van der Waals surface area contributed by atoms with Crippen LogP contribution < -0.4 is 5.32 Å². The lowest BCUT2D eigenvalue weighted by atomic mass is 10.2. The number of nitrogens with one attached hydrogen (secondary N) is 1. The summed E-state index contributed by atoms with van der Waals surface area (Å²) in [5.41, 5.74) is 0.111. The lowest BCUT2D eigenvalue weighted by molar-refractivity contribution is -0.167. The molecule has 0 saturated carbocycles. The van der Waals surface area contributed by atoms with Gasteiger partial charge in [0.2, 0.25) is 0 Å². The molecule has 1 N–H and O–H groups in total. The second-order valence-corrected chi connectivity index (χ2v) is 3.89. The number of aromatic nitrogens is 3. The van der Waals surface area contributed by atoms with Gasteiger partial charge in [0.1, 0.15) is 12.7 Å². The zero-order valence-electron chi connectivity index (χ0n) is 9.15. The van der Waals surface area contributed by atoms with Crippen molar-refractivity contribution in [3.05, 3.63) is 35.9 Å². The Morgan fingerprint density at radius 1 is 1.37 bits per heavy atom. The standard InChI is InChI=1S/C10H6ClF3N4O/c11-6-1-2-8(18-5-15-4-16-18)7(3-6)17-9(19)10(12,13)14/h1-5H,(H,17,19). The molecule has 0 radical (unpaired) electrons. The molecule has 0 aliphatic heterocycles. The number of nitrogens with zero attached hydrogens (tertiary/aromatic N) is 3. The number of amides is 1. The maximum atomic E-state index is 12.2. The maximum Gasteiger partial charge on any atom is 0.471 e. The van der Waals surface area contributed by atoms with Crippen LogP contribution in [0.2, 0.25) is 5.02 Å². The summed E-state index contributed by atoms with van der Waals surface area (Å²) < 4.78 is 37.9. The fourth-order valence-corrected chi connectivity index (χ4v) is 1.51. The smallest absolute Gasteiger partial charge is 0.316 e. The molecule has 1 aromatic heterocycles. The molecule has 0 aliphatic rings. The summed E-state index contributed by atoms with van der Waals surface area (Å²) >= 11 is 5.70. The Balaban J connectivity index is 2.39. The van der Waals surface area contributed by atoms with Crippen molar-refractivity contribution in [3.8, 4) is 5.69 Å². The molecule has 0 unspecified atom stereocenters. The van der Waals surface area contributed by atoms with Gasteiger partial charge in [0.15, 0.2) is 0 Å². The molecule has 0 saturated heterocycles. The van der Waals surface area contributed by atoms with Crippen LogP contribution in [-0.2, 0) is 4.79 Å². The minimum atomic E-state index is -4.98. The topological polar surface area (TPSA) is 59.8 Å². The lowest BCUT2D eigenvalue weighted by Gasteiger charge is -2.12. The maximum absolute atomic E-state index is 12.2. The predicted octanol–water partition coefficient (Wildman–Crippen LogP) is 2.42. The van der Waals surface area contributed by atoms with Crippen molar-refractivity contribution in [2.24, 2.45) is 0 Å². The highest BCUT2D eigenvalue weighted by Crippen LogP contribution is 2.26. The average Bonchev–Trinajstić information content (AvgIpc) is 2.81. The van der Waals surface area contributed by atoms with Crippen molar-refractivity contribution < 1.29 is 18.0 Å². The van der Waals surface area contributed by atoms with E-state index in [1.54, 1.807) is 5.32 Å². The third-order valence-corrected chi connectivity index (χ3v) is 2.36. The van der Waals surface area contributed by atoms with Crippen molar-refractivity contribution in [1.29, 1.82) is 0 Å². The highest BCUT2D eigenvalue weighted by Gasteiger charge is 2.39. The molecule has 0 fully saturated rings. The number of rotatable bonds is 2. The Morgan fingerprint density at radius 3 is 2.68 bits per heavy atom. The van der Waals surface area contributed by atoms with E-state index in [-0.39, 0.29) is 16.4 Å². The predicted molar refractivity (Wildman–Crippen MR) is 61.1 cm³/mol. The number of anilines is 1. The highest BCUT2D eigenvalue weighted by molar-refractivity contribution is 6.31. The molecule has 0 aliphatic carbocycles. The molecule has 0 bridgehead atoms. The first-order valence-electron chi connectivity index (χ1n) is 4.90. The monoisotopic (exact) mass is 290 g/mol. The molecule has 0 atom stereocenters. The summed E-state index contributed by atoms with van der Waals surface area (Å²) in [5, 5.41) is 5.70. The third kappa shape index (κ3) is 3.02. The van der Waals surface area contributed by atoms with Crippen LogP contribution in [0.1, 0.15) is 0 Å². The van der Waals surface area contributed by atoms with Gasteiger partial charge in [0.25, 0.3) is 0 Å². The van der Waals surface area contributed by atoms with Crippen LogP contribution >= 0.6 is 11.6 Å². The first-order valence-corrected chi connectivity index (χ1v) is 5.28. The average molecular weight is 291 g/mol. The molecule has 0 spiro atoms. The van der Waals surface area contributed by atoms with E-state index in [9.17, 15) is 18.0 Å². The van der Waals surface area contributed by atoms with E-state index < -0.39 is 12.1 Å². The fraction of sp³-hybridized carbons (Fsp3) is 0.100. The highest BCUT2D eigenvalue weighted by atomic mass is 35.5. The van der Waals surface area contributed by atoms with E-state index in [0.29, 0.717) is 0 Å². The van der Waals surface area contributed by atoms with Gasteiger partial charge in [0, 0.05) is 5.02 Å². The lowest BCUT2D eigenvalue weighted by Crippen LogP contribution is -2.30. The minimum Gasteiger partial charge on any atom is -0.316 e. The Morgan fingerprint density at radius 2 is 2.11 bits per heavy atom. The molecule has 1 amide bonds. The summed E-state index contributed by atoms with van der Waals surface area (Å²) in [4.78, 5) is 14.6. The van der Waals surface area contributed by atoms with E-state index in [2.05, 4.69) is 10.1 Å². The summed E-state index contributed by atoms with van der Waals surface area (Å²) in [6.07, 6.45) is -2.49. The van der Waals surface area contributed by atoms with Gasteiger partial charge in [0.05, 0.1) is 11.4 Å². The Kier molecular flexibility index (Phi) is 3.43. The quantitative estimate of drug-likeness (QED) is 0.924. The van der Waals surface area contributed by atoms with Crippen molar-refractivity contribution >= 4 is 23.2 Å². The van der Waals surface area contributed by atoms with Gasteiger partial charge < -0.3 is 5.32 Å². The Labute approximate surface area is 110 Å². The molecule has 2 rings (SSSR count). The number of hydrogen-bond acceptors (Lipinski definition) is 3. The van der Waals surface area contributed by atoms with Crippen molar-refractivity contribution in [3.63, 3.8) is 0 Å². The normalized spacial score (nSPS) is 11.4. The van der Waals surface area contributed by atoms with Crippen LogP contribution in [0.25, 0.3) is 5.69 Å². The molecular weight excluding hydrogens is 285 g/mol. The van der Waals surface area contributed by atoms with E-state index in [4.69, 9.17) is 11.6 Å². The molecule has 5 nitrogen and oxygen atoms in total. The number of benzene rings is 1. The Bertz CT molecular complexity index is 597. The van der Waals surface area contributed by atoms with Crippen molar-refractivity contribution in [1.82, 2.24) is 14.8 Å². The molecule has 1 aromatic carbocycles. The van der Waals surface area contributed by atoms with E-state index in [1.165, 1.54) is 35.5 Å². The van der Waals surface area contributed by atoms with Gasteiger partial charge >= 0.3 is 12.1 Å². The van der Waals surface area contributed by atoms with Gasteiger partial charge in [-0.3, -0.25) is 4.79 Å². The number of carbonyl (C=O) groups excluding carboxylic acids is 1. The minimum absolute atomic E-state index is 0.111. The molecule has 2 aromatic rings. The molecule has 1 heterocycles. The van der Waals surface area contributed by atoms with Crippen LogP contribution in [-0.4, -0.2) is 26.8 Å². The molecule has 19 heavy (non-hydrogen) atoms. The summed E-state index contributed by atoms with van der Waals surface area (Å²) in [6, 6.07) is 4.08. The summed E-state index contributed by atoms with van der Waals surface area (Å²) in [5.74, 6) is -2.09. The second-order valence-electron chi connectivity index (χ2n) is 3.45. The van der Waals surface area contributed by atoms with Gasteiger partial charge in [-0.1, -0.05) is 11.6 Å². The van der Waals surface area contributed by atoms with E-state index in [1.807, 2.05) is 0 Å². The molecule has 9 heteroatoms. The van der Waals surface area contributed by atoms with Crippen LogP contribution in [0.4, 0.5) is 18.9 Å². The number of alkyl halides is 3. The molecular formula is C10H6ClF3N4O. The SMILES string of the molecule is O=C(Nc1cc(Cl)ccc1-n1cncn1)C(F)(F)F. The van der Waals surface area contributed by atoms with Gasteiger partial charge in [-0.15, -0.1) is 0 Å². The zero-order chi connectivity index (χ0) is 14.0. The summed E-state index contributed by atoms with van der Waals surface area (Å²) in [7, 11) is 0. The number of halogens is 4. The second kappa shape index (κ2) is 4.88. The zero-order valence-corrected chi connectivity index (χ0v) is 9.90. The van der Waals surface area contributed by atoms with Gasteiger partial charge in [-0.25, -0.2) is 9.67 Å². The van der Waals surface area contributed by atoms with E-state index in [0.717, 1.165) is 0 Å². The summed E-state index contributed by atoms with van der Waals surface area (Å²) in [6.45, 7) is 0. The Hall–Kier alpha value is -2.09. The van der Waals surface area contributed by atoms with Crippen LogP contribution in [0, 0.1) is 0 Å². The number of hydrogen-bond donors (Lipinski definition) is 1. The van der Waals surface area contributed by atoms with Gasteiger partial charge in [-0.05, 0) is 18.2 Å². The van der Waals surface area contributed by atoms with Crippen LogP contribution in [0.15, 0.2) is 30.9 Å². The third-order valence-electron chi connectivity index (χ3n) is 2.13. The first kappa shape index (κ1) is 13.3. The molecule has 100 valence electrons. The first-order chi connectivity index (χ1) is 8.88. The van der Waals surface area contributed by atoms with Crippen molar-refractivity contribution in [2.75, 3.05) is 5.32 Å². The van der Waals surface area contributed by atoms with Crippen LogP contribution in [0.3, 0.4) is 0 Å². The fourth-order valence-electron chi connectivity index (χ4n) is 1.33. The van der Waals surface area contributed by atoms with Crippen LogP contribution in [0.5, 0.6) is 0 Å². The largest absolute Gasteiger partial charge is 0.471 e.